The van der Waals surface area contributed by atoms with Crippen LogP contribution in [-0.2, 0) is 0 Å². The van der Waals surface area contributed by atoms with E-state index in [4.69, 9.17) is 4.74 Å². The van der Waals surface area contributed by atoms with Crippen molar-refractivity contribution in [2.75, 3.05) is 13.2 Å². The number of benzene rings is 2. The van der Waals surface area contributed by atoms with Crippen LogP contribution in [0.15, 0.2) is 36.4 Å². The molecule has 22 heavy (non-hydrogen) atoms. The van der Waals surface area contributed by atoms with Crippen molar-refractivity contribution in [2.45, 2.75) is 6.92 Å². The van der Waals surface area contributed by atoms with Crippen molar-refractivity contribution in [1.29, 1.82) is 0 Å². The van der Waals surface area contributed by atoms with Crippen LogP contribution in [0.4, 0.5) is 0 Å². The summed E-state index contributed by atoms with van der Waals surface area (Å²) in [6.07, 6.45) is 0. The molecule has 2 heterocycles. The molecule has 1 aromatic heterocycles. The molecule has 0 saturated heterocycles. The monoisotopic (exact) mass is 293 g/mol. The Hall–Kier alpha value is -2.82. The molecular weight excluding hydrogens is 278 g/mol. The molecular formula is C17H15N3O2. The maximum absolute atomic E-state index is 12.1. The lowest BCUT2D eigenvalue weighted by Crippen LogP contribution is -2.24. The number of nitrogens with one attached hydrogen (secondary N) is 2. The van der Waals surface area contributed by atoms with Gasteiger partial charge in [0.25, 0.3) is 5.91 Å². The Morgan fingerprint density at radius 3 is 2.86 bits per heavy atom. The molecule has 2 aromatic carbocycles. The van der Waals surface area contributed by atoms with Crippen LogP contribution in [0.5, 0.6) is 5.75 Å². The molecule has 110 valence electrons. The highest BCUT2D eigenvalue weighted by Crippen LogP contribution is 2.29. The summed E-state index contributed by atoms with van der Waals surface area (Å²) in [6, 6.07) is 11.8. The molecule has 3 aromatic rings. The number of aromatic amines is 1. The van der Waals surface area contributed by atoms with E-state index in [0.29, 0.717) is 24.5 Å². The number of amides is 1. The Morgan fingerprint density at radius 2 is 1.95 bits per heavy atom. The number of carbonyl (C=O) groups excluding carboxylic acids is 1. The van der Waals surface area contributed by atoms with E-state index in [1.165, 1.54) is 0 Å². The lowest BCUT2D eigenvalue weighted by atomic mass is 10.0. The summed E-state index contributed by atoms with van der Waals surface area (Å²) >= 11 is 0. The summed E-state index contributed by atoms with van der Waals surface area (Å²) in [7, 11) is 0. The summed E-state index contributed by atoms with van der Waals surface area (Å²) in [4.78, 5) is 19.7. The minimum absolute atomic E-state index is 0.0900. The molecule has 0 radical (unpaired) electrons. The predicted octanol–water partition coefficient (Wildman–Crippen LogP) is 2.66. The van der Waals surface area contributed by atoms with E-state index in [0.717, 1.165) is 28.0 Å². The van der Waals surface area contributed by atoms with Gasteiger partial charge in [0.15, 0.2) is 0 Å². The summed E-state index contributed by atoms with van der Waals surface area (Å²) in [6.45, 7) is 2.96. The van der Waals surface area contributed by atoms with Gasteiger partial charge in [0.1, 0.15) is 18.2 Å². The van der Waals surface area contributed by atoms with E-state index in [1.807, 2.05) is 43.3 Å². The van der Waals surface area contributed by atoms with Crippen molar-refractivity contribution in [3.8, 4) is 16.9 Å². The van der Waals surface area contributed by atoms with Crippen LogP contribution in [0.3, 0.4) is 0 Å². The number of aryl methyl sites for hydroxylation is 1. The molecule has 5 nitrogen and oxygen atoms in total. The summed E-state index contributed by atoms with van der Waals surface area (Å²) < 4.78 is 5.58. The van der Waals surface area contributed by atoms with Crippen LogP contribution in [0, 0.1) is 6.92 Å². The van der Waals surface area contributed by atoms with E-state index < -0.39 is 0 Å². The minimum Gasteiger partial charge on any atom is -0.491 e. The molecule has 0 spiro atoms. The zero-order valence-corrected chi connectivity index (χ0v) is 12.1. The van der Waals surface area contributed by atoms with E-state index in [2.05, 4.69) is 15.3 Å². The molecule has 0 bridgehead atoms. The second-order valence-corrected chi connectivity index (χ2v) is 5.37. The standard InChI is InChI=1S/C17H15N3O2/c1-10-19-14-4-2-12(9-15(14)20-10)11-3-5-16-13(8-11)17(21)18-6-7-22-16/h2-5,8-9H,6-7H2,1H3,(H,18,21)(H,19,20). The first kappa shape index (κ1) is 12.9. The third-order valence-electron chi connectivity index (χ3n) is 3.80. The van der Waals surface area contributed by atoms with Gasteiger partial charge in [-0.1, -0.05) is 12.1 Å². The molecule has 0 fully saturated rings. The fourth-order valence-corrected chi connectivity index (χ4v) is 2.75. The number of hydrogen-bond donors (Lipinski definition) is 2. The molecule has 0 saturated carbocycles. The molecule has 5 heteroatoms. The van der Waals surface area contributed by atoms with Gasteiger partial charge in [-0.3, -0.25) is 4.79 Å². The number of carbonyl (C=O) groups is 1. The number of nitrogens with zero attached hydrogens (tertiary/aromatic N) is 1. The SMILES string of the molecule is Cc1nc2ccc(-c3ccc4c(c3)C(=O)NCCO4)cc2[nH]1. The molecule has 2 N–H and O–H groups in total. The number of imidazole rings is 1. The second kappa shape index (κ2) is 4.87. The number of hydrogen-bond acceptors (Lipinski definition) is 3. The molecule has 1 amide bonds. The van der Waals surface area contributed by atoms with Crippen molar-refractivity contribution >= 4 is 16.9 Å². The van der Waals surface area contributed by atoms with Gasteiger partial charge >= 0.3 is 0 Å². The van der Waals surface area contributed by atoms with Gasteiger partial charge < -0.3 is 15.0 Å². The van der Waals surface area contributed by atoms with Crippen molar-refractivity contribution in [3.63, 3.8) is 0 Å². The zero-order valence-electron chi connectivity index (χ0n) is 12.1. The number of ether oxygens (including phenoxy) is 1. The Kier molecular flexibility index (Phi) is 2.85. The lowest BCUT2D eigenvalue weighted by molar-refractivity contribution is 0.0957. The van der Waals surface area contributed by atoms with Gasteiger partial charge in [0.05, 0.1) is 23.1 Å². The van der Waals surface area contributed by atoms with Crippen LogP contribution < -0.4 is 10.1 Å². The first-order valence-corrected chi connectivity index (χ1v) is 7.22. The minimum atomic E-state index is -0.0900. The van der Waals surface area contributed by atoms with E-state index in [-0.39, 0.29) is 5.91 Å². The van der Waals surface area contributed by atoms with Gasteiger partial charge in [-0.15, -0.1) is 0 Å². The van der Waals surface area contributed by atoms with E-state index in [9.17, 15) is 4.79 Å². The topological polar surface area (TPSA) is 67.0 Å². The quantitative estimate of drug-likeness (QED) is 0.725. The first-order chi connectivity index (χ1) is 10.7. The van der Waals surface area contributed by atoms with Crippen LogP contribution in [-0.4, -0.2) is 29.0 Å². The van der Waals surface area contributed by atoms with E-state index in [1.54, 1.807) is 0 Å². The molecule has 0 unspecified atom stereocenters. The molecule has 0 atom stereocenters. The van der Waals surface area contributed by atoms with Crippen molar-refractivity contribution in [1.82, 2.24) is 15.3 Å². The smallest absolute Gasteiger partial charge is 0.255 e. The number of aromatic nitrogens is 2. The number of H-pyrrole nitrogens is 1. The van der Waals surface area contributed by atoms with Crippen LogP contribution in [0.1, 0.15) is 16.2 Å². The largest absolute Gasteiger partial charge is 0.491 e. The van der Waals surface area contributed by atoms with Gasteiger partial charge in [-0.05, 0) is 42.3 Å². The molecule has 0 aliphatic carbocycles. The van der Waals surface area contributed by atoms with Gasteiger partial charge in [0.2, 0.25) is 0 Å². The predicted molar refractivity (Wildman–Crippen MR) is 84.1 cm³/mol. The number of fused-ring (bicyclic) bond motifs is 2. The average Bonchev–Trinajstić information content (AvgIpc) is 2.80. The Morgan fingerprint density at radius 1 is 1.14 bits per heavy atom. The maximum Gasteiger partial charge on any atom is 0.255 e. The first-order valence-electron chi connectivity index (χ1n) is 7.22. The number of rotatable bonds is 1. The van der Waals surface area contributed by atoms with E-state index >= 15 is 0 Å². The van der Waals surface area contributed by atoms with Gasteiger partial charge in [-0.25, -0.2) is 4.98 Å². The van der Waals surface area contributed by atoms with Crippen LogP contribution >= 0.6 is 0 Å². The highest BCUT2D eigenvalue weighted by atomic mass is 16.5. The molecule has 1 aliphatic rings. The Labute approximate surface area is 127 Å². The average molecular weight is 293 g/mol. The highest BCUT2D eigenvalue weighted by Gasteiger charge is 2.17. The summed E-state index contributed by atoms with van der Waals surface area (Å²) in [5.74, 6) is 1.44. The molecule has 1 aliphatic heterocycles. The van der Waals surface area contributed by atoms with Gasteiger partial charge in [0, 0.05) is 0 Å². The summed E-state index contributed by atoms with van der Waals surface area (Å²) in [5, 5.41) is 2.83. The van der Waals surface area contributed by atoms with Crippen LogP contribution in [0.25, 0.3) is 22.2 Å². The summed E-state index contributed by atoms with van der Waals surface area (Å²) in [5.41, 5.74) is 4.53. The Balaban J connectivity index is 1.82. The second-order valence-electron chi connectivity index (χ2n) is 5.37. The zero-order chi connectivity index (χ0) is 15.1. The third kappa shape index (κ3) is 2.11. The molecule has 4 rings (SSSR count). The fraction of sp³-hybridized carbons (Fsp3) is 0.176. The maximum atomic E-state index is 12.1. The van der Waals surface area contributed by atoms with Crippen molar-refractivity contribution in [2.24, 2.45) is 0 Å². The van der Waals surface area contributed by atoms with Crippen molar-refractivity contribution in [3.05, 3.63) is 47.8 Å². The highest BCUT2D eigenvalue weighted by molar-refractivity contribution is 5.98. The fourth-order valence-electron chi connectivity index (χ4n) is 2.75. The normalized spacial score (nSPS) is 14.1. The van der Waals surface area contributed by atoms with Gasteiger partial charge in [-0.2, -0.15) is 0 Å². The Bertz CT molecular complexity index is 883. The third-order valence-corrected chi connectivity index (χ3v) is 3.80. The van der Waals surface area contributed by atoms with Crippen molar-refractivity contribution < 1.29 is 9.53 Å². The lowest BCUT2D eigenvalue weighted by Gasteiger charge is -2.08. The van der Waals surface area contributed by atoms with Crippen LogP contribution in [0.2, 0.25) is 0 Å².